The van der Waals surface area contributed by atoms with Crippen LogP contribution in [0.2, 0.25) is 0 Å². The fraction of sp³-hybridized carbons (Fsp3) is 0.364. The van der Waals surface area contributed by atoms with Gasteiger partial charge in [-0.15, -0.1) is 0 Å². The topological polar surface area (TPSA) is 57.7 Å². The van der Waals surface area contributed by atoms with E-state index in [4.69, 9.17) is 9.72 Å². The Labute approximate surface area is 175 Å². The number of thiazole rings is 1. The number of rotatable bonds is 4. The highest BCUT2D eigenvalue weighted by molar-refractivity contribution is 7.22. The van der Waals surface area contributed by atoms with E-state index in [0.29, 0.717) is 19.7 Å². The Morgan fingerprint density at radius 1 is 1.10 bits per heavy atom. The van der Waals surface area contributed by atoms with Gasteiger partial charge in [-0.2, -0.15) is 0 Å². The molecular weight excluding hydrogens is 384 g/mol. The lowest BCUT2D eigenvalue weighted by molar-refractivity contribution is 0.208. The largest absolute Gasteiger partial charge is 0.494 e. The molecule has 0 spiro atoms. The number of anilines is 2. The van der Waals surface area contributed by atoms with E-state index >= 15 is 0 Å². The molecule has 2 aromatic carbocycles. The van der Waals surface area contributed by atoms with Crippen LogP contribution in [0.1, 0.15) is 18.1 Å². The molecule has 0 saturated carbocycles. The maximum Gasteiger partial charge on any atom is 0.321 e. The third-order valence-corrected chi connectivity index (χ3v) is 6.41. The molecule has 2 amide bonds. The van der Waals surface area contributed by atoms with E-state index in [9.17, 15) is 4.79 Å². The lowest BCUT2D eigenvalue weighted by Crippen LogP contribution is -2.50. The number of fused-ring (bicyclic) bond motifs is 1. The summed E-state index contributed by atoms with van der Waals surface area (Å²) in [6.45, 7) is 9.76. The number of aryl methyl sites for hydroxylation is 2. The zero-order valence-corrected chi connectivity index (χ0v) is 17.9. The Kier molecular flexibility index (Phi) is 5.58. The van der Waals surface area contributed by atoms with Crippen LogP contribution in [0.3, 0.4) is 0 Å². The number of benzene rings is 2. The monoisotopic (exact) mass is 410 g/mol. The number of carbonyl (C=O) groups is 1. The Morgan fingerprint density at radius 3 is 2.52 bits per heavy atom. The summed E-state index contributed by atoms with van der Waals surface area (Å²) in [7, 11) is 0. The Hall–Kier alpha value is -2.80. The van der Waals surface area contributed by atoms with Gasteiger partial charge in [-0.05, 0) is 62.2 Å². The highest BCUT2D eigenvalue weighted by atomic mass is 32.1. The van der Waals surface area contributed by atoms with Gasteiger partial charge < -0.3 is 19.9 Å². The molecule has 1 fully saturated rings. The summed E-state index contributed by atoms with van der Waals surface area (Å²) in [5, 5.41) is 4.01. The standard InChI is InChI=1S/C22H26N4O2S/c1-4-28-18-8-6-17(7-9-18)23-21(27)25-11-13-26(14-12-25)22-24-20-16(3)15(2)5-10-19(20)29-22/h5-10H,4,11-14H2,1-3H3,(H,23,27). The van der Waals surface area contributed by atoms with Crippen molar-refractivity contribution in [1.29, 1.82) is 0 Å². The minimum Gasteiger partial charge on any atom is -0.494 e. The number of piperazine rings is 1. The van der Waals surface area contributed by atoms with Gasteiger partial charge >= 0.3 is 6.03 Å². The number of amides is 2. The van der Waals surface area contributed by atoms with Crippen LogP contribution in [0.5, 0.6) is 5.75 Å². The van der Waals surface area contributed by atoms with Crippen LogP contribution in [0.25, 0.3) is 10.2 Å². The van der Waals surface area contributed by atoms with E-state index in [1.807, 2.05) is 36.1 Å². The van der Waals surface area contributed by atoms with Crippen LogP contribution in [0.15, 0.2) is 36.4 Å². The lowest BCUT2D eigenvalue weighted by Gasteiger charge is -2.34. The van der Waals surface area contributed by atoms with E-state index in [2.05, 4.69) is 36.2 Å². The van der Waals surface area contributed by atoms with Crippen molar-refractivity contribution >= 4 is 38.4 Å². The third-order valence-electron chi connectivity index (χ3n) is 5.33. The maximum absolute atomic E-state index is 12.6. The van der Waals surface area contributed by atoms with Crippen LogP contribution < -0.4 is 15.0 Å². The van der Waals surface area contributed by atoms with Crippen LogP contribution in [0.4, 0.5) is 15.6 Å². The molecule has 6 nitrogen and oxygen atoms in total. The normalized spacial score (nSPS) is 14.3. The molecule has 7 heteroatoms. The molecule has 0 aliphatic carbocycles. The average Bonchev–Trinajstić information content (AvgIpc) is 3.18. The second-order valence-electron chi connectivity index (χ2n) is 7.21. The van der Waals surface area contributed by atoms with Gasteiger partial charge in [0.15, 0.2) is 5.13 Å². The van der Waals surface area contributed by atoms with Crippen molar-refractivity contribution in [3.63, 3.8) is 0 Å². The summed E-state index contributed by atoms with van der Waals surface area (Å²) in [5.41, 5.74) is 4.39. The van der Waals surface area contributed by atoms with Crippen molar-refractivity contribution in [2.45, 2.75) is 20.8 Å². The van der Waals surface area contributed by atoms with Crippen molar-refractivity contribution in [2.24, 2.45) is 0 Å². The molecule has 1 aromatic heterocycles. The molecule has 0 radical (unpaired) electrons. The Balaban J connectivity index is 1.36. The lowest BCUT2D eigenvalue weighted by atomic mass is 10.1. The summed E-state index contributed by atoms with van der Waals surface area (Å²) < 4.78 is 6.66. The molecule has 4 rings (SSSR count). The van der Waals surface area contributed by atoms with Crippen molar-refractivity contribution < 1.29 is 9.53 Å². The number of nitrogens with one attached hydrogen (secondary N) is 1. The van der Waals surface area contributed by atoms with Crippen LogP contribution in [-0.4, -0.2) is 48.7 Å². The SMILES string of the molecule is CCOc1ccc(NC(=O)N2CCN(c3nc4c(C)c(C)ccc4s3)CC2)cc1. The summed E-state index contributed by atoms with van der Waals surface area (Å²) in [6.07, 6.45) is 0. The number of hydrogen-bond acceptors (Lipinski definition) is 5. The first kappa shape index (κ1) is 19.5. The second kappa shape index (κ2) is 8.29. The average molecular weight is 411 g/mol. The molecule has 1 aliphatic heterocycles. The molecule has 1 N–H and O–H groups in total. The molecule has 2 heterocycles. The first-order valence-electron chi connectivity index (χ1n) is 9.95. The van der Waals surface area contributed by atoms with Crippen molar-refractivity contribution in [3.8, 4) is 5.75 Å². The summed E-state index contributed by atoms with van der Waals surface area (Å²) in [4.78, 5) is 21.6. The van der Waals surface area contributed by atoms with Gasteiger partial charge in [-0.3, -0.25) is 0 Å². The predicted octanol–water partition coefficient (Wildman–Crippen LogP) is 4.67. The van der Waals surface area contributed by atoms with E-state index in [1.165, 1.54) is 15.8 Å². The number of ether oxygens (including phenoxy) is 1. The number of hydrogen-bond donors (Lipinski definition) is 1. The highest BCUT2D eigenvalue weighted by Gasteiger charge is 2.23. The van der Waals surface area contributed by atoms with E-state index < -0.39 is 0 Å². The molecule has 1 aliphatic rings. The Bertz CT molecular complexity index is 1010. The molecular formula is C22H26N4O2S. The zero-order chi connectivity index (χ0) is 20.4. The van der Waals surface area contributed by atoms with E-state index in [-0.39, 0.29) is 6.03 Å². The van der Waals surface area contributed by atoms with Gasteiger partial charge in [0.2, 0.25) is 0 Å². The van der Waals surface area contributed by atoms with E-state index in [0.717, 1.165) is 35.2 Å². The van der Waals surface area contributed by atoms with Crippen molar-refractivity contribution in [1.82, 2.24) is 9.88 Å². The van der Waals surface area contributed by atoms with Gasteiger partial charge in [0, 0.05) is 31.9 Å². The van der Waals surface area contributed by atoms with Gasteiger partial charge in [0.25, 0.3) is 0 Å². The summed E-state index contributed by atoms with van der Waals surface area (Å²) in [6, 6.07) is 11.7. The molecule has 152 valence electrons. The number of nitrogens with zero attached hydrogens (tertiary/aromatic N) is 3. The Morgan fingerprint density at radius 2 is 1.83 bits per heavy atom. The third kappa shape index (κ3) is 4.15. The molecule has 1 saturated heterocycles. The van der Waals surface area contributed by atoms with Crippen molar-refractivity contribution in [2.75, 3.05) is 43.0 Å². The van der Waals surface area contributed by atoms with Gasteiger partial charge in [-0.1, -0.05) is 17.4 Å². The van der Waals surface area contributed by atoms with Gasteiger partial charge in [0.1, 0.15) is 5.75 Å². The maximum atomic E-state index is 12.6. The molecule has 0 bridgehead atoms. The van der Waals surface area contributed by atoms with E-state index in [1.54, 1.807) is 11.3 Å². The minimum atomic E-state index is -0.0652. The molecule has 0 atom stereocenters. The van der Waals surface area contributed by atoms with Crippen molar-refractivity contribution in [3.05, 3.63) is 47.5 Å². The first-order chi connectivity index (χ1) is 14.0. The number of carbonyl (C=O) groups excluding carboxylic acids is 1. The molecule has 0 unspecified atom stereocenters. The van der Waals surface area contributed by atoms with Gasteiger partial charge in [0.05, 0.1) is 16.8 Å². The minimum absolute atomic E-state index is 0.0652. The quantitative estimate of drug-likeness (QED) is 0.679. The fourth-order valence-corrected chi connectivity index (χ4v) is 4.53. The zero-order valence-electron chi connectivity index (χ0n) is 17.1. The smallest absolute Gasteiger partial charge is 0.321 e. The number of aromatic nitrogens is 1. The highest BCUT2D eigenvalue weighted by Crippen LogP contribution is 2.32. The van der Waals surface area contributed by atoms with Crippen LogP contribution in [0, 0.1) is 13.8 Å². The number of urea groups is 1. The predicted molar refractivity (Wildman–Crippen MR) is 120 cm³/mol. The van der Waals surface area contributed by atoms with Gasteiger partial charge in [-0.25, -0.2) is 9.78 Å². The first-order valence-corrected chi connectivity index (χ1v) is 10.8. The summed E-state index contributed by atoms with van der Waals surface area (Å²) >= 11 is 1.73. The molecule has 3 aromatic rings. The van der Waals surface area contributed by atoms with Crippen LogP contribution in [-0.2, 0) is 0 Å². The second-order valence-corrected chi connectivity index (χ2v) is 8.22. The van der Waals surface area contributed by atoms with Crippen LogP contribution >= 0.6 is 11.3 Å². The molecule has 29 heavy (non-hydrogen) atoms. The fourth-order valence-electron chi connectivity index (χ4n) is 3.45. The summed E-state index contributed by atoms with van der Waals surface area (Å²) in [5.74, 6) is 0.806.